The van der Waals surface area contributed by atoms with Crippen LogP contribution in [0.1, 0.15) is 21.8 Å². The lowest BCUT2D eigenvalue weighted by Crippen LogP contribution is -2.18. The standard InChI is InChI=1S/C23H13Cl5F3N3O2/c24-11-2-1-9(7-10(11)21(35)34-15-4-3-13(29)20(32)19(15)31)33-22(36)17-16(23(17,27)28)8-5-12(25)18(26)14(30)6-8/h1-7,16-17H,32H2,(H,33,36)(H,34,35). The van der Waals surface area contributed by atoms with Crippen molar-refractivity contribution in [1.82, 2.24) is 0 Å². The molecule has 0 saturated heterocycles. The van der Waals surface area contributed by atoms with Gasteiger partial charge in [-0.2, -0.15) is 0 Å². The van der Waals surface area contributed by atoms with Gasteiger partial charge in [0.25, 0.3) is 5.91 Å². The summed E-state index contributed by atoms with van der Waals surface area (Å²) >= 11 is 30.4. The zero-order valence-electron chi connectivity index (χ0n) is 17.6. The van der Waals surface area contributed by atoms with Gasteiger partial charge in [-0.15, -0.1) is 23.2 Å². The van der Waals surface area contributed by atoms with Crippen LogP contribution in [0.2, 0.25) is 15.1 Å². The highest BCUT2D eigenvalue weighted by atomic mass is 35.5. The molecule has 4 N–H and O–H groups in total. The van der Waals surface area contributed by atoms with Crippen molar-refractivity contribution in [1.29, 1.82) is 0 Å². The van der Waals surface area contributed by atoms with Crippen LogP contribution >= 0.6 is 58.0 Å². The maximum Gasteiger partial charge on any atom is 0.257 e. The van der Waals surface area contributed by atoms with Crippen LogP contribution in [0.5, 0.6) is 0 Å². The van der Waals surface area contributed by atoms with E-state index in [1.165, 1.54) is 24.3 Å². The molecule has 4 rings (SSSR count). The number of hydrogen-bond acceptors (Lipinski definition) is 3. The van der Waals surface area contributed by atoms with Crippen molar-refractivity contribution < 1.29 is 22.8 Å². The molecule has 1 aliphatic carbocycles. The molecule has 2 atom stereocenters. The van der Waals surface area contributed by atoms with Gasteiger partial charge in [0.15, 0.2) is 5.82 Å². The highest BCUT2D eigenvalue weighted by molar-refractivity contribution is 6.53. The van der Waals surface area contributed by atoms with Crippen molar-refractivity contribution in [3.63, 3.8) is 0 Å². The van der Waals surface area contributed by atoms with E-state index < -0.39 is 51.1 Å². The van der Waals surface area contributed by atoms with Gasteiger partial charge in [0.2, 0.25) is 5.91 Å². The van der Waals surface area contributed by atoms with Gasteiger partial charge in [0.1, 0.15) is 21.7 Å². The van der Waals surface area contributed by atoms with E-state index >= 15 is 0 Å². The maximum atomic E-state index is 14.2. The van der Waals surface area contributed by atoms with Crippen molar-refractivity contribution in [2.75, 3.05) is 16.4 Å². The number of hydrogen-bond donors (Lipinski definition) is 3. The van der Waals surface area contributed by atoms with Crippen molar-refractivity contribution in [2.24, 2.45) is 5.92 Å². The number of halogens is 8. The molecule has 5 nitrogen and oxygen atoms in total. The largest absolute Gasteiger partial charge is 0.394 e. The number of benzene rings is 3. The third-order valence-electron chi connectivity index (χ3n) is 5.55. The Kier molecular flexibility index (Phi) is 7.29. The first-order valence-electron chi connectivity index (χ1n) is 10.0. The minimum absolute atomic E-state index is 0.0133. The summed E-state index contributed by atoms with van der Waals surface area (Å²) in [5, 5.41) is 4.48. The van der Waals surface area contributed by atoms with Gasteiger partial charge in [0.05, 0.1) is 32.2 Å². The van der Waals surface area contributed by atoms with Gasteiger partial charge >= 0.3 is 0 Å². The van der Waals surface area contributed by atoms with Gasteiger partial charge in [-0.25, -0.2) is 13.2 Å². The van der Waals surface area contributed by atoms with Crippen molar-refractivity contribution in [3.8, 4) is 0 Å². The minimum Gasteiger partial charge on any atom is -0.394 e. The van der Waals surface area contributed by atoms with E-state index in [1.54, 1.807) is 0 Å². The molecular weight excluding hydrogens is 585 g/mol. The molecule has 1 aliphatic rings. The molecule has 0 bridgehead atoms. The molecule has 3 aromatic rings. The topological polar surface area (TPSA) is 84.2 Å². The van der Waals surface area contributed by atoms with Crippen LogP contribution in [-0.4, -0.2) is 16.1 Å². The van der Waals surface area contributed by atoms with Gasteiger partial charge in [-0.3, -0.25) is 9.59 Å². The third kappa shape index (κ3) is 4.93. The lowest BCUT2D eigenvalue weighted by Gasteiger charge is -2.11. The SMILES string of the molecule is Nc1c(F)ccc(NC(=O)c2cc(NC(=O)C3C(c4cc(F)c(Cl)c(Cl)c4)C3(Cl)Cl)ccc2Cl)c1F. The fraction of sp³-hybridized carbons (Fsp3) is 0.130. The Balaban J connectivity index is 1.53. The molecule has 3 aromatic carbocycles. The Morgan fingerprint density at radius 1 is 0.889 bits per heavy atom. The second kappa shape index (κ2) is 9.84. The first kappa shape index (κ1) is 26.7. The smallest absolute Gasteiger partial charge is 0.257 e. The van der Waals surface area contributed by atoms with Crippen LogP contribution in [0.3, 0.4) is 0 Å². The molecule has 0 spiro atoms. The number of nitrogens with two attached hydrogens (primary N) is 1. The van der Waals surface area contributed by atoms with Crippen molar-refractivity contribution >= 4 is 86.9 Å². The first-order valence-corrected chi connectivity index (χ1v) is 11.9. The average Bonchev–Trinajstić information content (AvgIpc) is 3.40. The molecule has 2 amide bonds. The summed E-state index contributed by atoms with van der Waals surface area (Å²) in [6.07, 6.45) is 0. The Morgan fingerprint density at radius 3 is 2.25 bits per heavy atom. The predicted octanol–water partition coefficient (Wildman–Crippen LogP) is 7.42. The summed E-state index contributed by atoms with van der Waals surface area (Å²) in [6.45, 7) is 0. The number of amides is 2. The van der Waals surface area contributed by atoms with E-state index in [4.69, 9.17) is 63.7 Å². The second-order valence-corrected chi connectivity index (χ2v) is 10.5. The molecule has 2 unspecified atom stereocenters. The zero-order chi connectivity index (χ0) is 26.5. The molecule has 0 aliphatic heterocycles. The summed E-state index contributed by atoms with van der Waals surface area (Å²) in [4.78, 5) is 25.6. The molecule has 36 heavy (non-hydrogen) atoms. The van der Waals surface area contributed by atoms with Crippen LogP contribution < -0.4 is 16.4 Å². The van der Waals surface area contributed by atoms with Gasteiger partial charge in [0, 0.05) is 11.6 Å². The molecule has 1 saturated carbocycles. The fourth-order valence-electron chi connectivity index (χ4n) is 3.67. The Hall–Kier alpha value is -2.36. The number of anilines is 3. The lowest BCUT2D eigenvalue weighted by atomic mass is 10.1. The van der Waals surface area contributed by atoms with Gasteiger partial charge < -0.3 is 16.4 Å². The van der Waals surface area contributed by atoms with E-state index in [0.29, 0.717) is 0 Å². The van der Waals surface area contributed by atoms with E-state index in [1.807, 2.05) is 0 Å². The fourth-order valence-corrected chi connectivity index (χ4v) is 5.03. The van der Waals surface area contributed by atoms with Crippen molar-refractivity contribution in [3.05, 3.63) is 86.1 Å². The molecule has 0 radical (unpaired) electrons. The third-order valence-corrected chi connectivity index (χ3v) is 7.60. The summed E-state index contributed by atoms with van der Waals surface area (Å²) in [6, 6.07) is 8.33. The summed E-state index contributed by atoms with van der Waals surface area (Å²) in [7, 11) is 0. The zero-order valence-corrected chi connectivity index (χ0v) is 21.4. The molecule has 13 heteroatoms. The summed E-state index contributed by atoms with van der Waals surface area (Å²) in [5.74, 6) is -6.16. The second-order valence-electron chi connectivity index (χ2n) is 7.89. The first-order chi connectivity index (χ1) is 16.8. The number of nitrogen functional groups attached to an aromatic ring is 1. The molecule has 1 fully saturated rings. The number of rotatable bonds is 5. The normalized spacial score (nSPS) is 18.0. The monoisotopic (exact) mass is 595 g/mol. The van der Waals surface area contributed by atoms with E-state index in [9.17, 15) is 22.8 Å². The average molecular weight is 598 g/mol. The summed E-state index contributed by atoms with van der Waals surface area (Å²) < 4.78 is 40.0. The van der Waals surface area contributed by atoms with Gasteiger partial charge in [-0.1, -0.05) is 34.8 Å². The Morgan fingerprint density at radius 2 is 1.58 bits per heavy atom. The molecule has 0 heterocycles. The Bertz CT molecular complexity index is 1400. The van der Waals surface area contributed by atoms with Crippen LogP contribution in [0.4, 0.5) is 30.2 Å². The van der Waals surface area contributed by atoms with Crippen LogP contribution in [0, 0.1) is 23.4 Å². The highest BCUT2D eigenvalue weighted by Gasteiger charge is 2.67. The van der Waals surface area contributed by atoms with Crippen LogP contribution in [0.15, 0.2) is 42.5 Å². The van der Waals surface area contributed by atoms with Crippen molar-refractivity contribution in [2.45, 2.75) is 10.3 Å². The number of carbonyl (C=O) groups is 2. The summed E-state index contributed by atoms with van der Waals surface area (Å²) in [5.41, 5.74) is 4.48. The number of carbonyl (C=O) groups excluding carboxylic acids is 2. The van der Waals surface area contributed by atoms with E-state index in [-0.39, 0.29) is 37.6 Å². The predicted molar refractivity (Wildman–Crippen MR) is 136 cm³/mol. The van der Waals surface area contributed by atoms with Gasteiger partial charge in [-0.05, 0) is 48.0 Å². The molecular formula is C23H13Cl5F3N3O2. The van der Waals surface area contributed by atoms with Crippen LogP contribution in [-0.2, 0) is 4.79 Å². The van der Waals surface area contributed by atoms with E-state index in [2.05, 4.69) is 10.6 Å². The number of alkyl halides is 2. The number of nitrogens with one attached hydrogen (secondary N) is 2. The molecule has 188 valence electrons. The van der Waals surface area contributed by atoms with E-state index in [0.717, 1.165) is 18.2 Å². The minimum atomic E-state index is -1.56. The molecule has 0 aromatic heterocycles. The Labute approximate surface area is 227 Å². The lowest BCUT2D eigenvalue weighted by molar-refractivity contribution is -0.117. The maximum absolute atomic E-state index is 14.2. The highest BCUT2D eigenvalue weighted by Crippen LogP contribution is 2.65. The quantitative estimate of drug-likeness (QED) is 0.163. The van der Waals surface area contributed by atoms with Crippen LogP contribution in [0.25, 0.3) is 0 Å².